The number of carbonyl (C=O) groups excluding carboxylic acids is 2. The molecule has 1 heterocycles. The lowest BCUT2D eigenvalue weighted by molar-refractivity contribution is -0.124. The first kappa shape index (κ1) is 24.4. The first-order valence-electron chi connectivity index (χ1n) is 11.1. The van der Waals surface area contributed by atoms with Gasteiger partial charge in [-0.1, -0.05) is 42.5 Å². The van der Waals surface area contributed by atoms with E-state index in [4.69, 9.17) is 9.88 Å². The van der Waals surface area contributed by atoms with Crippen molar-refractivity contribution < 1.29 is 22.7 Å². The zero-order chi connectivity index (χ0) is 25.2. The van der Waals surface area contributed by atoms with Gasteiger partial charge in [-0.15, -0.1) is 0 Å². The molecule has 3 aromatic rings. The Morgan fingerprint density at radius 2 is 1.69 bits per heavy atom. The van der Waals surface area contributed by atoms with Crippen LogP contribution < -0.4 is 15.2 Å². The standard InChI is InChI=1S/C26H27N3O5S/c1-29-24(18-9-11-19(34-2)12-10-18)23(21-5-3-4-6-22(21)26(29)31)25(30)28-16-15-17-7-13-20(14-8-17)35(27,32)33/h3-14,23-24H,15-16H2,1-2H3,(H,28,30)(H2,27,32,33)/t23-,24-/m1/s1. The predicted octanol–water partition coefficient (Wildman–Crippen LogP) is 2.61. The van der Waals surface area contributed by atoms with Crippen LogP contribution in [-0.4, -0.2) is 45.8 Å². The Morgan fingerprint density at radius 3 is 2.31 bits per heavy atom. The Morgan fingerprint density at radius 1 is 1.03 bits per heavy atom. The van der Waals surface area contributed by atoms with E-state index in [2.05, 4.69) is 5.32 Å². The number of fused-ring (bicyclic) bond motifs is 1. The molecule has 2 amide bonds. The zero-order valence-corrected chi connectivity index (χ0v) is 20.3. The highest BCUT2D eigenvalue weighted by molar-refractivity contribution is 7.89. The molecule has 0 radical (unpaired) electrons. The normalized spacial score (nSPS) is 17.6. The molecule has 0 spiro atoms. The Balaban J connectivity index is 1.58. The third kappa shape index (κ3) is 5.06. The maximum Gasteiger partial charge on any atom is 0.254 e. The molecule has 0 aliphatic carbocycles. The highest BCUT2D eigenvalue weighted by atomic mass is 32.2. The first-order valence-corrected chi connectivity index (χ1v) is 12.6. The number of nitrogens with one attached hydrogen (secondary N) is 1. The van der Waals surface area contributed by atoms with E-state index in [0.717, 1.165) is 11.1 Å². The number of benzene rings is 3. The largest absolute Gasteiger partial charge is 0.497 e. The second-order valence-electron chi connectivity index (χ2n) is 8.43. The van der Waals surface area contributed by atoms with E-state index < -0.39 is 22.0 Å². The minimum Gasteiger partial charge on any atom is -0.497 e. The van der Waals surface area contributed by atoms with Gasteiger partial charge in [0.15, 0.2) is 0 Å². The average molecular weight is 494 g/mol. The number of sulfonamides is 1. The highest BCUT2D eigenvalue weighted by Gasteiger charge is 2.42. The maximum absolute atomic E-state index is 13.5. The summed E-state index contributed by atoms with van der Waals surface area (Å²) in [5, 5.41) is 8.15. The van der Waals surface area contributed by atoms with Crippen LogP contribution in [0, 0.1) is 0 Å². The molecule has 3 N–H and O–H groups in total. The Kier molecular flexibility index (Phi) is 6.90. The number of rotatable bonds is 7. The van der Waals surface area contributed by atoms with E-state index in [-0.39, 0.29) is 16.7 Å². The molecule has 0 unspecified atom stereocenters. The fourth-order valence-electron chi connectivity index (χ4n) is 4.46. The van der Waals surface area contributed by atoms with Crippen molar-refractivity contribution in [3.63, 3.8) is 0 Å². The predicted molar refractivity (Wildman–Crippen MR) is 132 cm³/mol. The quantitative estimate of drug-likeness (QED) is 0.525. The number of hydrogen-bond donors (Lipinski definition) is 2. The molecule has 9 heteroatoms. The fourth-order valence-corrected chi connectivity index (χ4v) is 4.98. The number of ether oxygens (including phenoxy) is 1. The molecule has 35 heavy (non-hydrogen) atoms. The van der Waals surface area contributed by atoms with Gasteiger partial charge in [0, 0.05) is 19.2 Å². The Hall–Kier alpha value is -3.69. The molecular formula is C26H27N3O5S. The fraction of sp³-hybridized carbons (Fsp3) is 0.231. The van der Waals surface area contributed by atoms with Crippen molar-refractivity contribution in [3.8, 4) is 5.75 Å². The van der Waals surface area contributed by atoms with Crippen molar-refractivity contribution in [1.29, 1.82) is 0 Å². The minimum atomic E-state index is -3.75. The van der Waals surface area contributed by atoms with Gasteiger partial charge in [0.2, 0.25) is 15.9 Å². The molecular weight excluding hydrogens is 466 g/mol. The summed E-state index contributed by atoms with van der Waals surface area (Å²) >= 11 is 0. The summed E-state index contributed by atoms with van der Waals surface area (Å²) in [6, 6.07) is 20.3. The number of amides is 2. The lowest BCUT2D eigenvalue weighted by Crippen LogP contribution is -2.45. The topological polar surface area (TPSA) is 119 Å². The van der Waals surface area contributed by atoms with Gasteiger partial charge in [-0.05, 0) is 53.4 Å². The third-order valence-electron chi connectivity index (χ3n) is 6.28. The molecule has 0 saturated carbocycles. The summed E-state index contributed by atoms with van der Waals surface area (Å²) in [7, 11) is -0.461. The van der Waals surface area contributed by atoms with Gasteiger partial charge in [0.1, 0.15) is 5.75 Å². The van der Waals surface area contributed by atoms with Gasteiger partial charge in [0.25, 0.3) is 5.91 Å². The van der Waals surface area contributed by atoms with Gasteiger partial charge in [-0.2, -0.15) is 0 Å². The van der Waals surface area contributed by atoms with E-state index >= 15 is 0 Å². The number of carbonyl (C=O) groups is 2. The van der Waals surface area contributed by atoms with Gasteiger partial charge in [0.05, 0.1) is 24.0 Å². The van der Waals surface area contributed by atoms with Crippen LogP contribution in [0.25, 0.3) is 0 Å². The van der Waals surface area contributed by atoms with Crippen LogP contribution in [0.5, 0.6) is 5.75 Å². The highest BCUT2D eigenvalue weighted by Crippen LogP contribution is 2.42. The Labute approximate surface area is 204 Å². The maximum atomic E-state index is 13.5. The van der Waals surface area contributed by atoms with Crippen LogP contribution in [0.1, 0.15) is 39.0 Å². The summed E-state index contributed by atoms with van der Waals surface area (Å²) in [6.45, 7) is 0.346. The summed E-state index contributed by atoms with van der Waals surface area (Å²) in [5.41, 5.74) is 2.89. The van der Waals surface area contributed by atoms with Crippen molar-refractivity contribution >= 4 is 21.8 Å². The smallest absolute Gasteiger partial charge is 0.254 e. The SMILES string of the molecule is COc1ccc([C@@H]2[C@H](C(=O)NCCc3ccc(S(N)(=O)=O)cc3)c3ccccc3C(=O)N2C)cc1. The second-order valence-corrected chi connectivity index (χ2v) is 9.99. The van der Waals surface area contributed by atoms with Crippen LogP contribution in [0.4, 0.5) is 0 Å². The molecule has 3 aromatic carbocycles. The lowest BCUT2D eigenvalue weighted by atomic mass is 9.79. The van der Waals surface area contributed by atoms with E-state index in [1.807, 2.05) is 36.4 Å². The van der Waals surface area contributed by atoms with E-state index in [1.54, 1.807) is 43.3 Å². The molecule has 4 rings (SSSR count). The first-order chi connectivity index (χ1) is 16.7. The number of primary sulfonamides is 1. The van der Waals surface area contributed by atoms with E-state index in [0.29, 0.717) is 29.8 Å². The number of nitrogens with two attached hydrogens (primary N) is 1. The summed E-state index contributed by atoms with van der Waals surface area (Å²) in [4.78, 5) is 28.3. The van der Waals surface area contributed by atoms with Crippen molar-refractivity contribution in [2.45, 2.75) is 23.3 Å². The van der Waals surface area contributed by atoms with Crippen molar-refractivity contribution in [1.82, 2.24) is 10.2 Å². The molecule has 1 aliphatic rings. The van der Waals surface area contributed by atoms with Crippen molar-refractivity contribution in [2.24, 2.45) is 5.14 Å². The number of nitrogens with zero attached hydrogens (tertiary/aromatic N) is 1. The number of hydrogen-bond acceptors (Lipinski definition) is 5. The average Bonchev–Trinajstić information content (AvgIpc) is 2.86. The van der Waals surface area contributed by atoms with Gasteiger partial charge < -0.3 is 15.0 Å². The molecule has 0 aromatic heterocycles. The molecule has 182 valence electrons. The second kappa shape index (κ2) is 9.89. The van der Waals surface area contributed by atoms with Gasteiger partial charge >= 0.3 is 0 Å². The van der Waals surface area contributed by atoms with Crippen LogP contribution in [0.15, 0.2) is 77.7 Å². The number of methoxy groups -OCH3 is 1. The minimum absolute atomic E-state index is 0.0409. The molecule has 1 aliphatic heterocycles. The van der Waals surface area contributed by atoms with Gasteiger partial charge in [-0.25, -0.2) is 13.6 Å². The van der Waals surface area contributed by atoms with Crippen LogP contribution in [0.3, 0.4) is 0 Å². The summed E-state index contributed by atoms with van der Waals surface area (Å²) in [5.74, 6) is -0.250. The molecule has 0 saturated heterocycles. The molecule has 0 bridgehead atoms. The zero-order valence-electron chi connectivity index (χ0n) is 19.5. The van der Waals surface area contributed by atoms with E-state index in [9.17, 15) is 18.0 Å². The Bertz CT molecular complexity index is 1340. The molecule has 0 fully saturated rings. The molecule has 2 atom stereocenters. The van der Waals surface area contributed by atoms with Crippen molar-refractivity contribution in [3.05, 3.63) is 95.1 Å². The molecule has 8 nitrogen and oxygen atoms in total. The summed E-state index contributed by atoms with van der Waals surface area (Å²) in [6.07, 6.45) is 0.507. The van der Waals surface area contributed by atoms with Crippen LogP contribution >= 0.6 is 0 Å². The van der Waals surface area contributed by atoms with Crippen LogP contribution in [-0.2, 0) is 21.2 Å². The van der Waals surface area contributed by atoms with E-state index in [1.165, 1.54) is 12.1 Å². The number of likely N-dealkylation sites (N-methyl/N-ethyl adjacent to an activating group) is 1. The van der Waals surface area contributed by atoms with Crippen molar-refractivity contribution in [2.75, 3.05) is 20.7 Å². The van der Waals surface area contributed by atoms with Gasteiger partial charge in [-0.3, -0.25) is 9.59 Å². The summed E-state index contributed by atoms with van der Waals surface area (Å²) < 4.78 is 28.1. The van der Waals surface area contributed by atoms with Crippen LogP contribution in [0.2, 0.25) is 0 Å². The monoisotopic (exact) mass is 493 g/mol. The third-order valence-corrected chi connectivity index (χ3v) is 7.21. The lowest BCUT2D eigenvalue weighted by Gasteiger charge is -2.39.